The molecular weight excluding hydrogens is 239 g/mol. The van der Waals surface area contributed by atoms with Crippen molar-refractivity contribution >= 4 is 0 Å². The number of nitrogens with zero attached hydrogens (tertiary/aromatic N) is 1. The van der Waals surface area contributed by atoms with E-state index < -0.39 is 0 Å². The van der Waals surface area contributed by atoms with Crippen molar-refractivity contribution in [3.05, 3.63) is 65.7 Å². The molecule has 1 aromatic carbocycles. The summed E-state index contributed by atoms with van der Waals surface area (Å²) in [6, 6.07) is 13.1. The first-order valence-corrected chi connectivity index (χ1v) is 6.62. The van der Waals surface area contributed by atoms with Crippen molar-refractivity contribution in [1.29, 1.82) is 0 Å². The Labute approximate surface area is 113 Å². The molecule has 2 rings (SSSR count). The van der Waals surface area contributed by atoms with Crippen LogP contribution in [0.25, 0.3) is 0 Å². The Balaban J connectivity index is 1.76. The van der Waals surface area contributed by atoms with Gasteiger partial charge < -0.3 is 5.32 Å². The lowest BCUT2D eigenvalue weighted by Gasteiger charge is -2.14. The number of pyridine rings is 1. The van der Waals surface area contributed by atoms with Gasteiger partial charge in [0.15, 0.2) is 0 Å². The molecule has 0 saturated carbocycles. The van der Waals surface area contributed by atoms with E-state index in [0.29, 0.717) is 6.42 Å². The topological polar surface area (TPSA) is 24.9 Å². The minimum Gasteiger partial charge on any atom is -0.314 e. The molecular formula is C16H19FN2. The van der Waals surface area contributed by atoms with Crippen molar-refractivity contribution in [2.24, 2.45) is 0 Å². The van der Waals surface area contributed by atoms with E-state index >= 15 is 0 Å². The maximum Gasteiger partial charge on any atom is 0.126 e. The summed E-state index contributed by atoms with van der Waals surface area (Å²) in [7, 11) is 0. The lowest BCUT2D eigenvalue weighted by Crippen LogP contribution is -2.30. The van der Waals surface area contributed by atoms with Crippen LogP contribution in [0.3, 0.4) is 0 Å². The van der Waals surface area contributed by atoms with E-state index in [-0.39, 0.29) is 11.9 Å². The third-order valence-electron chi connectivity index (χ3n) is 3.08. The second-order valence-corrected chi connectivity index (χ2v) is 4.72. The predicted octanol–water partition coefficient (Wildman–Crippen LogP) is 2.98. The molecule has 2 nitrogen and oxygen atoms in total. The van der Waals surface area contributed by atoms with Gasteiger partial charge >= 0.3 is 0 Å². The number of halogens is 1. The summed E-state index contributed by atoms with van der Waals surface area (Å²) in [4.78, 5) is 4.27. The van der Waals surface area contributed by atoms with E-state index in [1.807, 2.05) is 30.3 Å². The Bertz CT molecular complexity index is 499. The normalized spacial score (nSPS) is 12.3. The van der Waals surface area contributed by atoms with E-state index in [0.717, 1.165) is 24.2 Å². The van der Waals surface area contributed by atoms with Crippen molar-refractivity contribution < 1.29 is 4.39 Å². The maximum absolute atomic E-state index is 13.5. The second-order valence-electron chi connectivity index (χ2n) is 4.72. The van der Waals surface area contributed by atoms with Crippen molar-refractivity contribution in [2.45, 2.75) is 25.8 Å². The molecule has 2 aromatic rings. The summed E-state index contributed by atoms with van der Waals surface area (Å²) < 4.78 is 13.5. The first-order chi connectivity index (χ1) is 9.25. The summed E-state index contributed by atoms with van der Waals surface area (Å²) in [6.07, 6.45) is 3.40. The largest absolute Gasteiger partial charge is 0.314 e. The molecule has 0 aliphatic carbocycles. The highest BCUT2D eigenvalue weighted by molar-refractivity contribution is 5.18. The third-order valence-corrected chi connectivity index (χ3v) is 3.08. The molecule has 1 N–H and O–H groups in total. The van der Waals surface area contributed by atoms with Gasteiger partial charge in [-0.05, 0) is 37.1 Å². The summed E-state index contributed by atoms with van der Waals surface area (Å²) in [5.74, 6) is -0.124. The predicted molar refractivity (Wildman–Crippen MR) is 75.5 cm³/mol. The SMILES string of the molecule is CC(Cc1ccccc1F)NCCc1ccccn1. The highest BCUT2D eigenvalue weighted by Crippen LogP contribution is 2.08. The molecule has 1 aromatic heterocycles. The highest BCUT2D eigenvalue weighted by atomic mass is 19.1. The minimum atomic E-state index is -0.124. The van der Waals surface area contributed by atoms with Crippen molar-refractivity contribution in [3.63, 3.8) is 0 Å². The fraction of sp³-hybridized carbons (Fsp3) is 0.312. The van der Waals surface area contributed by atoms with Gasteiger partial charge in [0.1, 0.15) is 5.82 Å². The molecule has 1 atom stereocenters. The zero-order chi connectivity index (χ0) is 13.5. The van der Waals surface area contributed by atoms with Crippen LogP contribution in [-0.2, 0) is 12.8 Å². The summed E-state index contributed by atoms with van der Waals surface area (Å²) in [5, 5.41) is 3.40. The molecule has 0 spiro atoms. The van der Waals surface area contributed by atoms with Crippen molar-refractivity contribution in [3.8, 4) is 0 Å². The minimum absolute atomic E-state index is 0.124. The summed E-state index contributed by atoms with van der Waals surface area (Å²) in [6.45, 7) is 2.93. The van der Waals surface area contributed by atoms with Crippen molar-refractivity contribution in [2.75, 3.05) is 6.54 Å². The Morgan fingerprint density at radius 2 is 1.95 bits per heavy atom. The molecule has 0 radical (unpaired) electrons. The van der Waals surface area contributed by atoms with Gasteiger partial charge in [0.2, 0.25) is 0 Å². The smallest absolute Gasteiger partial charge is 0.126 e. The molecule has 0 fully saturated rings. The quantitative estimate of drug-likeness (QED) is 0.861. The Hall–Kier alpha value is -1.74. The number of hydrogen-bond donors (Lipinski definition) is 1. The van der Waals surface area contributed by atoms with Crippen LogP contribution in [0.5, 0.6) is 0 Å². The van der Waals surface area contributed by atoms with Crippen molar-refractivity contribution in [1.82, 2.24) is 10.3 Å². The van der Waals surface area contributed by atoms with Crippen LogP contribution in [0, 0.1) is 5.82 Å². The van der Waals surface area contributed by atoms with Gasteiger partial charge in [-0.25, -0.2) is 4.39 Å². The number of aromatic nitrogens is 1. The molecule has 0 aliphatic heterocycles. The molecule has 0 amide bonds. The maximum atomic E-state index is 13.5. The Kier molecular flexibility index (Phi) is 5.04. The molecule has 3 heteroatoms. The van der Waals surface area contributed by atoms with Gasteiger partial charge in [-0.15, -0.1) is 0 Å². The summed E-state index contributed by atoms with van der Waals surface area (Å²) in [5.41, 5.74) is 1.84. The monoisotopic (exact) mass is 258 g/mol. The Morgan fingerprint density at radius 3 is 2.68 bits per heavy atom. The zero-order valence-corrected chi connectivity index (χ0v) is 11.1. The number of nitrogens with one attached hydrogen (secondary N) is 1. The van der Waals surface area contributed by atoms with Crippen LogP contribution in [0.1, 0.15) is 18.2 Å². The third kappa shape index (κ3) is 4.45. The molecule has 100 valence electrons. The van der Waals surface area contributed by atoms with E-state index in [1.54, 1.807) is 12.3 Å². The van der Waals surface area contributed by atoms with Crippen LogP contribution in [0.15, 0.2) is 48.7 Å². The second kappa shape index (κ2) is 7.00. The average Bonchev–Trinajstić information content (AvgIpc) is 2.43. The van der Waals surface area contributed by atoms with Crippen LogP contribution in [-0.4, -0.2) is 17.6 Å². The highest BCUT2D eigenvalue weighted by Gasteiger charge is 2.06. The molecule has 0 bridgehead atoms. The number of rotatable bonds is 6. The van der Waals surface area contributed by atoms with Gasteiger partial charge in [-0.3, -0.25) is 4.98 Å². The van der Waals surface area contributed by atoms with E-state index in [1.165, 1.54) is 6.07 Å². The first-order valence-electron chi connectivity index (χ1n) is 6.62. The lowest BCUT2D eigenvalue weighted by atomic mass is 10.1. The van der Waals surface area contributed by atoms with Gasteiger partial charge in [-0.1, -0.05) is 24.3 Å². The fourth-order valence-electron chi connectivity index (χ4n) is 2.06. The van der Waals surface area contributed by atoms with E-state index in [2.05, 4.69) is 17.2 Å². The molecule has 0 aliphatic rings. The average molecular weight is 258 g/mol. The standard InChI is InChI=1S/C16H19FN2/c1-13(12-14-6-2-3-8-16(14)17)18-11-9-15-7-4-5-10-19-15/h2-8,10,13,18H,9,11-12H2,1H3. The lowest BCUT2D eigenvalue weighted by molar-refractivity contribution is 0.527. The van der Waals surface area contributed by atoms with Gasteiger partial charge in [-0.2, -0.15) is 0 Å². The van der Waals surface area contributed by atoms with E-state index in [9.17, 15) is 4.39 Å². The van der Waals surface area contributed by atoms with Crippen LogP contribution >= 0.6 is 0 Å². The van der Waals surface area contributed by atoms with Crippen LogP contribution < -0.4 is 5.32 Å². The van der Waals surface area contributed by atoms with Gasteiger partial charge in [0.25, 0.3) is 0 Å². The van der Waals surface area contributed by atoms with Crippen LogP contribution in [0.2, 0.25) is 0 Å². The first kappa shape index (κ1) is 13.7. The Morgan fingerprint density at radius 1 is 1.16 bits per heavy atom. The number of hydrogen-bond acceptors (Lipinski definition) is 2. The van der Waals surface area contributed by atoms with Gasteiger partial charge in [0, 0.05) is 30.9 Å². The van der Waals surface area contributed by atoms with E-state index in [4.69, 9.17) is 0 Å². The number of benzene rings is 1. The molecule has 19 heavy (non-hydrogen) atoms. The fourth-order valence-corrected chi connectivity index (χ4v) is 2.06. The molecule has 1 heterocycles. The molecule has 1 unspecified atom stereocenters. The molecule has 0 saturated heterocycles. The summed E-state index contributed by atoms with van der Waals surface area (Å²) >= 11 is 0. The van der Waals surface area contributed by atoms with Crippen LogP contribution in [0.4, 0.5) is 4.39 Å². The zero-order valence-electron chi connectivity index (χ0n) is 11.1. The van der Waals surface area contributed by atoms with Gasteiger partial charge in [0.05, 0.1) is 0 Å².